The van der Waals surface area contributed by atoms with Crippen LogP contribution in [0.1, 0.15) is 18.9 Å². The minimum atomic E-state index is -3.88. The zero-order valence-electron chi connectivity index (χ0n) is 15.5. The topological polar surface area (TPSA) is 84.9 Å². The molecular weight excluding hydrogens is 368 g/mol. The number of benzene rings is 2. The molecule has 0 unspecified atom stereocenters. The fourth-order valence-electron chi connectivity index (χ4n) is 3.17. The molecule has 0 fully saturated rings. The lowest BCUT2D eigenvalue weighted by molar-refractivity contribution is -0.116. The van der Waals surface area contributed by atoms with Crippen molar-refractivity contribution in [2.75, 3.05) is 30.4 Å². The van der Waals surface area contributed by atoms with Crippen LogP contribution < -0.4 is 19.1 Å². The number of ether oxygens (including phenoxy) is 2. The Morgan fingerprint density at radius 3 is 2.56 bits per heavy atom. The lowest BCUT2D eigenvalue weighted by Crippen LogP contribution is -2.33. The highest BCUT2D eigenvalue weighted by atomic mass is 32.2. The molecular formula is C19H22N2O5S. The molecule has 1 aliphatic heterocycles. The van der Waals surface area contributed by atoms with E-state index in [9.17, 15) is 13.2 Å². The van der Waals surface area contributed by atoms with Crippen molar-refractivity contribution in [3.63, 3.8) is 0 Å². The molecule has 2 aromatic carbocycles. The molecule has 27 heavy (non-hydrogen) atoms. The molecule has 1 amide bonds. The number of amides is 1. The Kier molecular flexibility index (Phi) is 5.27. The van der Waals surface area contributed by atoms with Gasteiger partial charge in [0.1, 0.15) is 16.4 Å². The lowest BCUT2D eigenvalue weighted by atomic mass is 10.0. The molecule has 1 aliphatic rings. The highest BCUT2D eigenvalue weighted by Gasteiger charge is 2.23. The van der Waals surface area contributed by atoms with Gasteiger partial charge in [0.05, 0.1) is 19.9 Å². The van der Waals surface area contributed by atoms with Crippen molar-refractivity contribution < 1.29 is 22.7 Å². The number of hydrogen-bond acceptors (Lipinski definition) is 5. The van der Waals surface area contributed by atoms with Crippen molar-refractivity contribution in [3.8, 4) is 11.5 Å². The highest BCUT2D eigenvalue weighted by molar-refractivity contribution is 7.92. The van der Waals surface area contributed by atoms with E-state index in [4.69, 9.17) is 9.47 Å². The molecule has 8 heteroatoms. The van der Waals surface area contributed by atoms with Crippen LogP contribution in [0, 0.1) is 0 Å². The van der Waals surface area contributed by atoms with Crippen molar-refractivity contribution in [1.82, 2.24) is 0 Å². The van der Waals surface area contributed by atoms with Crippen LogP contribution in [0.3, 0.4) is 0 Å². The summed E-state index contributed by atoms with van der Waals surface area (Å²) in [4.78, 5) is 13.6. The minimum Gasteiger partial charge on any atom is -0.497 e. The first-order valence-corrected chi connectivity index (χ1v) is 10.00. The number of hydrogen-bond donors (Lipinski definition) is 1. The Balaban J connectivity index is 1.95. The predicted octanol–water partition coefficient (Wildman–Crippen LogP) is 2.80. The molecule has 0 radical (unpaired) electrons. The van der Waals surface area contributed by atoms with Gasteiger partial charge in [-0.2, -0.15) is 0 Å². The average Bonchev–Trinajstić information content (AvgIpc) is 2.66. The normalized spacial score (nSPS) is 13.7. The third-order valence-electron chi connectivity index (χ3n) is 4.50. The summed E-state index contributed by atoms with van der Waals surface area (Å²) in [5.74, 6) is 0.620. The number of carbonyl (C=O) groups excluding carboxylic acids is 1. The van der Waals surface area contributed by atoms with Gasteiger partial charge in [-0.15, -0.1) is 0 Å². The van der Waals surface area contributed by atoms with E-state index >= 15 is 0 Å². The number of aryl methyl sites for hydroxylation is 1. The van der Waals surface area contributed by atoms with Gasteiger partial charge >= 0.3 is 0 Å². The second-order valence-electron chi connectivity index (χ2n) is 6.24. The van der Waals surface area contributed by atoms with E-state index in [1.807, 2.05) is 6.07 Å². The number of anilines is 2. The first-order chi connectivity index (χ1) is 12.9. The number of methoxy groups -OCH3 is 2. The van der Waals surface area contributed by atoms with E-state index in [0.717, 1.165) is 24.1 Å². The monoisotopic (exact) mass is 390 g/mol. The number of nitrogens with one attached hydrogen (secondary N) is 1. The number of sulfonamides is 1. The summed E-state index contributed by atoms with van der Waals surface area (Å²) in [6.07, 6.45) is 1.75. The molecule has 0 atom stereocenters. The van der Waals surface area contributed by atoms with Crippen LogP contribution in [0.4, 0.5) is 11.4 Å². The third-order valence-corrected chi connectivity index (χ3v) is 5.92. The van der Waals surface area contributed by atoms with Crippen molar-refractivity contribution in [3.05, 3.63) is 42.0 Å². The second-order valence-corrected chi connectivity index (χ2v) is 7.89. The third kappa shape index (κ3) is 3.85. The molecule has 0 bridgehead atoms. The molecule has 0 spiro atoms. The fraction of sp³-hybridized carbons (Fsp3) is 0.316. The van der Waals surface area contributed by atoms with Crippen molar-refractivity contribution in [2.24, 2.45) is 0 Å². The van der Waals surface area contributed by atoms with E-state index in [1.165, 1.54) is 33.3 Å². The standard InChI is InChI=1S/C19H22N2O5S/c1-13(22)21-10-4-5-14-6-7-15(11-17(14)21)20-27(23,24)19-9-8-16(25-2)12-18(19)26-3/h6-9,11-12,20H,4-5,10H2,1-3H3. The maximum Gasteiger partial charge on any atom is 0.265 e. The molecule has 0 aliphatic carbocycles. The van der Waals surface area contributed by atoms with Crippen LogP contribution in [0.15, 0.2) is 41.3 Å². The molecule has 0 saturated heterocycles. The van der Waals surface area contributed by atoms with E-state index in [1.54, 1.807) is 23.1 Å². The summed E-state index contributed by atoms with van der Waals surface area (Å²) in [7, 11) is -0.984. The first-order valence-electron chi connectivity index (χ1n) is 8.51. The number of carbonyl (C=O) groups is 1. The molecule has 1 heterocycles. The van der Waals surface area contributed by atoms with Gasteiger partial charge in [-0.05, 0) is 42.7 Å². The van der Waals surface area contributed by atoms with Crippen molar-refractivity contribution in [2.45, 2.75) is 24.7 Å². The summed E-state index contributed by atoms with van der Waals surface area (Å²) in [5, 5.41) is 0. The predicted molar refractivity (Wildman–Crippen MR) is 103 cm³/mol. The largest absolute Gasteiger partial charge is 0.497 e. The lowest BCUT2D eigenvalue weighted by Gasteiger charge is -2.29. The van der Waals surface area contributed by atoms with Crippen LogP contribution in [-0.2, 0) is 21.2 Å². The van der Waals surface area contributed by atoms with Crippen LogP contribution in [0.5, 0.6) is 11.5 Å². The Hall–Kier alpha value is -2.74. The van der Waals surface area contributed by atoms with Crippen molar-refractivity contribution >= 4 is 27.3 Å². The maximum absolute atomic E-state index is 12.9. The molecule has 0 saturated carbocycles. The van der Waals surface area contributed by atoms with Gasteiger partial charge in [0.15, 0.2) is 0 Å². The Morgan fingerprint density at radius 1 is 1.11 bits per heavy atom. The maximum atomic E-state index is 12.9. The minimum absolute atomic E-state index is 0.00643. The molecule has 3 rings (SSSR count). The van der Waals surface area contributed by atoms with Gasteiger partial charge in [-0.25, -0.2) is 8.42 Å². The van der Waals surface area contributed by atoms with Crippen molar-refractivity contribution in [1.29, 1.82) is 0 Å². The molecule has 7 nitrogen and oxygen atoms in total. The zero-order chi connectivity index (χ0) is 19.6. The van der Waals surface area contributed by atoms with Gasteiger partial charge in [-0.3, -0.25) is 9.52 Å². The average molecular weight is 390 g/mol. The van der Waals surface area contributed by atoms with Gasteiger partial charge in [0.2, 0.25) is 5.91 Å². The quantitative estimate of drug-likeness (QED) is 0.849. The summed E-state index contributed by atoms with van der Waals surface area (Å²) in [6.45, 7) is 2.14. The Morgan fingerprint density at radius 2 is 1.89 bits per heavy atom. The molecule has 144 valence electrons. The number of rotatable bonds is 5. The van der Waals surface area contributed by atoms with Crippen LogP contribution in [0.2, 0.25) is 0 Å². The molecule has 2 aromatic rings. The van der Waals surface area contributed by atoms with E-state index in [-0.39, 0.29) is 16.6 Å². The Labute approximate surface area is 158 Å². The summed E-state index contributed by atoms with van der Waals surface area (Å²) < 4.78 is 38.6. The summed E-state index contributed by atoms with van der Waals surface area (Å²) >= 11 is 0. The van der Waals surface area contributed by atoms with Gasteiger partial charge < -0.3 is 14.4 Å². The van der Waals surface area contributed by atoms with Gasteiger partial charge in [0, 0.05) is 25.2 Å². The zero-order valence-corrected chi connectivity index (χ0v) is 16.3. The fourth-order valence-corrected chi connectivity index (χ4v) is 4.37. The van der Waals surface area contributed by atoms with Gasteiger partial charge in [-0.1, -0.05) is 6.07 Å². The number of nitrogens with zero attached hydrogens (tertiary/aromatic N) is 1. The first kappa shape index (κ1) is 19.0. The summed E-state index contributed by atoms with van der Waals surface area (Å²) in [5.41, 5.74) is 2.16. The Bertz CT molecular complexity index is 972. The van der Waals surface area contributed by atoms with Crippen LogP contribution in [-0.4, -0.2) is 35.1 Å². The van der Waals surface area contributed by atoms with Crippen LogP contribution >= 0.6 is 0 Å². The smallest absolute Gasteiger partial charge is 0.265 e. The van der Waals surface area contributed by atoms with E-state index in [2.05, 4.69) is 4.72 Å². The molecule has 1 N–H and O–H groups in total. The summed E-state index contributed by atoms with van der Waals surface area (Å²) in [6, 6.07) is 9.76. The van der Waals surface area contributed by atoms with E-state index in [0.29, 0.717) is 18.0 Å². The van der Waals surface area contributed by atoms with Gasteiger partial charge in [0.25, 0.3) is 10.0 Å². The van der Waals surface area contributed by atoms with E-state index < -0.39 is 10.0 Å². The number of fused-ring (bicyclic) bond motifs is 1. The van der Waals surface area contributed by atoms with Crippen LogP contribution in [0.25, 0.3) is 0 Å². The highest BCUT2D eigenvalue weighted by Crippen LogP contribution is 2.33. The second kappa shape index (κ2) is 7.48. The molecule has 0 aromatic heterocycles. The SMILES string of the molecule is COc1ccc(S(=O)(=O)Nc2ccc3c(c2)N(C(C)=O)CCC3)c(OC)c1.